The van der Waals surface area contributed by atoms with Crippen LogP contribution in [0.3, 0.4) is 0 Å². The van der Waals surface area contributed by atoms with Crippen LogP contribution in [0.2, 0.25) is 0 Å². The van der Waals surface area contributed by atoms with E-state index in [1.165, 1.54) is 16.0 Å². The lowest BCUT2D eigenvalue weighted by molar-refractivity contribution is 0.0747. The molecule has 1 atom stereocenters. The molecule has 7 heteroatoms. The van der Waals surface area contributed by atoms with E-state index in [4.69, 9.17) is 17.9 Å². The Morgan fingerprint density at radius 3 is 1.91 bits per heavy atom. The molecule has 1 aromatic heterocycles. The van der Waals surface area contributed by atoms with Gasteiger partial charge in [0, 0.05) is 61.4 Å². The molecule has 0 radical (unpaired) electrons. The molecule has 0 fully saturated rings. The van der Waals surface area contributed by atoms with Crippen LogP contribution in [0, 0.1) is 18.6 Å². The molecule has 0 amide bonds. The topological polar surface area (TPSA) is 27.7 Å². The van der Waals surface area contributed by atoms with E-state index in [1.54, 1.807) is 18.3 Å². The van der Waals surface area contributed by atoms with Gasteiger partial charge < -0.3 is 19.4 Å². The van der Waals surface area contributed by atoms with Gasteiger partial charge in [-0.05, 0) is 116 Å². The van der Waals surface area contributed by atoms with Crippen molar-refractivity contribution in [2.24, 2.45) is 5.41 Å². The largest absolute Gasteiger partial charge is 0.502 e. The van der Waals surface area contributed by atoms with E-state index < -0.39 is 5.60 Å². The second kappa shape index (κ2) is 16.1. The molecule has 0 spiro atoms. The summed E-state index contributed by atoms with van der Waals surface area (Å²) in [6, 6.07) is 31.7. The molecule has 0 saturated carbocycles. The van der Waals surface area contributed by atoms with Gasteiger partial charge in [0.1, 0.15) is 16.4 Å². The van der Waals surface area contributed by atoms with Crippen LogP contribution in [-0.4, -0.2) is 28.2 Å². The molecule has 6 nitrogen and oxygen atoms in total. The fourth-order valence-electron chi connectivity index (χ4n) is 7.21. The number of nitrogens with zero attached hydrogens (tertiary/aromatic N) is 5. The lowest BCUT2D eigenvalue weighted by atomic mass is 9.75. The van der Waals surface area contributed by atoms with Gasteiger partial charge in [0.15, 0.2) is 5.70 Å². The van der Waals surface area contributed by atoms with Gasteiger partial charge in [-0.1, -0.05) is 74.6 Å². The highest BCUT2D eigenvalue weighted by Crippen LogP contribution is 2.48. The summed E-state index contributed by atoms with van der Waals surface area (Å²) in [6.45, 7) is 24.0. The van der Waals surface area contributed by atoms with Crippen LogP contribution in [0.4, 0.5) is 27.8 Å². The first-order valence-electron chi connectivity index (χ1n) is 18.5. The molecule has 2 heterocycles. The average molecular weight is 744 g/mol. The molecule has 1 aliphatic heterocycles. The Bertz CT molecular complexity index is 2250. The van der Waals surface area contributed by atoms with Gasteiger partial charge in [-0.2, -0.15) is 0 Å². The first-order chi connectivity index (χ1) is 26.3. The molecule has 1 aliphatic carbocycles. The Kier molecular flexibility index (Phi) is 11.4. The quantitative estimate of drug-likeness (QED) is 0.151. The van der Waals surface area contributed by atoms with Gasteiger partial charge in [-0.25, -0.2) is 9.69 Å². The number of benzene rings is 3. The van der Waals surface area contributed by atoms with Gasteiger partial charge in [-0.3, -0.25) is 0 Å². The molecule has 278 valence electrons. The molecular weight excluding hydrogens is 695 g/mol. The zero-order chi connectivity index (χ0) is 39.3. The molecule has 0 bridgehead atoms. The van der Waals surface area contributed by atoms with Gasteiger partial charge in [0.05, 0.1) is 13.1 Å². The molecule has 55 heavy (non-hydrogen) atoms. The molecule has 0 saturated heterocycles. The van der Waals surface area contributed by atoms with Crippen LogP contribution in [0.5, 0.6) is 0 Å². The number of thiophene rings is 1. The number of rotatable bonds is 10. The van der Waals surface area contributed by atoms with Crippen molar-refractivity contribution in [2.45, 2.75) is 46.1 Å². The molecule has 1 unspecified atom stereocenters. The Labute approximate surface area is 331 Å². The highest BCUT2D eigenvalue weighted by molar-refractivity contribution is 7.17. The van der Waals surface area contributed by atoms with Crippen LogP contribution < -0.4 is 14.7 Å². The smallest absolute Gasteiger partial charge is 0.224 e. The van der Waals surface area contributed by atoms with E-state index in [-0.39, 0.29) is 5.41 Å². The van der Waals surface area contributed by atoms with E-state index in [0.29, 0.717) is 17.2 Å². The van der Waals surface area contributed by atoms with Crippen LogP contribution in [-0.2, 0) is 10.3 Å². The van der Waals surface area contributed by atoms with Crippen LogP contribution >= 0.6 is 11.3 Å². The first-order valence-corrected chi connectivity index (χ1v) is 19.3. The number of anilines is 5. The highest BCUT2D eigenvalue weighted by atomic mass is 32.1. The van der Waals surface area contributed by atoms with Crippen molar-refractivity contribution >= 4 is 45.2 Å². The Morgan fingerprint density at radius 1 is 0.745 bits per heavy atom. The van der Waals surface area contributed by atoms with Crippen molar-refractivity contribution in [3.8, 4) is 0 Å². The summed E-state index contributed by atoms with van der Waals surface area (Å²) in [5.74, 6) is 0.360. The summed E-state index contributed by atoms with van der Waals surface area (Å²) in [7, 11) is 8.25. The second-order valence-electron chi connectivity index (χ2n) is 15.4. The minimum Gasteiger partial charge on any atom is -0.502 e. The normalized spacial score (nSPS) is 19.6. The Morgan fingerprint density at radius 2 is 1.35 bits per heavy atom. The maximum absolute atomic E-state index is 8.03. The van der Waals surface area contributed by atoms with E-state index in [2.05, 4.69) is 151 Å². The summed E-state index contributed by atoms with van der Waals surface area (Å²) in [4.78, 5) is 15.2. The van der Waals surface area contributed by atoms with Crippen molar-refractivity contribution in [2.75, 3.05) is 42.9 Å². The Balaban J connectivity index is 1.29. The lowest BCUT2D eigenvalue weighted by Gasteiger charge is -2.30. The van der Waals surface area contributed by atoms with Gasteiger partial charge in [0.25, 0.3) is 0 Å². The standard InChI is InChI=1S/C48H49N5OS/c1-34(49-5)46-45(50-6)43(48(4,54-46)37-16-12-11-13-17-37)18-14-15-35-31-36(33-47(2,3)32-35)19-28-42-29-30-44(55-42)53(40-24-20-38(21-25-40)51(7)8)41-26-22-39(23-27-41)52(9)10/h11-31H,32-33H2,1-4,7-10H3/b18-14+,28-19+,35-15-,46-34+. The molecule has 6 rings (SSSR count). The van der Waals surface area contributed by atoms with Crippen molar-refractivity contribution in [3.63, 3.8) is 0 Å². The summed E-state index contributed by atoms with van der Waals surface area (Å²) in [5.41, 5.74) is 8.72. The van der Waals surface area contributed by atoms with E-state index in [1.807, 2.05) is 49.4 Å². The van der Waals surface area contributed by atoms with Crippen molar-refractivity contribution < 1.29 is 4.74 Å². The van der Waals surface area contributed by atoms with Gasteiger partial charge >= 0.3 is 0 Å². The van der Waals surface area contributed by atoms with Crippen LogP contribution in [0.1, 0.15) is 51.0 Å². The molecule has 3 aromatic carbocycles. The molecular formula is C48H49N5OS. The van der Waals surface area contributed by atoms with E-state index >= 15 is 0 Å². The second-order valence-corrected chi connectivity index (χ2v) is 16.5. The lowest BCUT2D eigenvalue weighted by Crippen LogP contribution is -2.23. The predicted octanol–water partition coefficient (Wildman–Crippen LogP) is 12.9. The third-order valence-corrected chi connectivity index (χ3v) is 11.1. The maximum atomic E-state index is 8.03. The highest BCUT2D eigenvalue weighted by Gasteiger charge is 2.42. The Hall–Kier alpha value is -6.02. The minimum atomic E-state index is -0.881. The average Bonchev–Trinajstić information content (AvgIpc) is 3.76. The van der Waals surface area contributed by atoms with Crippen molar-refractivity contribution in [3.05, 3.63) is 189 Å². The van der Waals surface area contributed by atoms with Crippen molar-refractivity contribution in [1.82, 2.24) is 0 Å². The monoisotopic (exact) mass is 743 g/mol. The fraction of sp³-hybridized carbons (Fsp3) is 0.250. The summed E-state index contributed by atoms with van der Waals surface area (Å²) in [6.07, 6.45) is 14.9. The molecule has 0 N–H and O–H groups in total. The van der Waals surface area contributed by atoms with Crippen LogP contribution in [0.25, 0.3) is 15.8 Å². The zero-order valence-corrected chi connectivity index (χ0v) is 33.9. The SMILES string of the molecule is [C-]#[N+]C1=C(/C=C/C=C2C=C(/C=C/c3ccc(N(c4ccc(N(C)C)cc4)c4ccc(N(C)C)cc4)s3)CC(C)(C)C/2)C(C)(c2ccccc2)O/C1=C(\C)[N+]#[C-]. The number of ether oxygens (including phenoxy) is 1. The number of hydrogen-bond acceptors (Lipinski definition) is 5. The van der Waals surface area contributed by atoms with Crippen molar-refractivity contribution in [1.29, 1.82) is 0 Å². The van der Waals surface area contributed by atoms with Gasteiger partial charge in [0.2, 0.25) is 5.70 Å². The molecule has 2 aliphatic rings. The third kappa shape index (κ3) is 8.54. The summed E-state index contributed by atoms with van der Waals surface area (Å²) in [5, 5.41) is 1.15. The van der Waals surface area contributed by atoms with Gasteiger partial charge in [-0.15, -0.1) is 11.3 Å². The summed E-state index contributed by atoms with van der Waals surface area (Å²) < 4.78 is 6.44. The molecule has 4 aromatic rings. The number of hydrogen-bond donors (Lipinski definition) is 0. The van der Waals surface area contributed by atoms with E-state index in [9.17, 15) is 0 Å². The fourth-order valence-corrected chi connectivity index (χ4v) is 8.16. The summed E-state index contributed by atoms with van der Waals surface area (Å²) >= 11 is 1.77. The first kappa shape index (κ1) is 38.7. The zero-order valence-electron chi connectivity index (χ0n) is 33.1. The van der Waals surface area contributed by atoms with E-state index in [0.717, 1.165) is 51.7 Å². The number of allylic oxidation sites excluding steroid dienone is 7. The predicted molar refractivity (Wildman–Crippen MR) is 233 cm³/mol. The van der Waals surface area contributed by atoms with Crippen LogP contribution in [0.15, 0.2) is 155 Å². The third-order valence-electron chi connectivity index (χ3n) is 10.1. The minimum absolute atomic E-state index is 0.0849. The maximum Gasteiger partial charge on any atom is 0.224 e.